The summed E-state index contributed by atoms with van der Waals surface area (Å²) in [4.78, 5) is 0. The van der Waals surface area contributed by atoms with Crippen LogP contribution in [0.15, 0.2) is 41.2 Å². The van der Waals surface area contributed by atoms with Crippen LogP contribution in [0.4, 0.5) is 11.6 Å². The van der Waals surface area contributed by atoms with E-state index < -0.39 is 0 Å². The normalized spacial score (nSPS) is 11.2. The Morgan fingerprint density at radius 3 is 2.88 bits per heavy atom. The minimum absolute atomic E-state index is 0.686. The summed E-state index contributed by atoms with van der Waals surface area (Å²) in [6.07, 6.45) is 2.86. The van der Waals surface area contributed by atoms with E-state index in [1.807, 2.05) is 45.9 Å². The molecular formula is C16H17N7OS. The van der Waals surface area contributed by atoms with Crippen LogP contribution in [0.2, 0.25) is 0 Å². The van der Waals surface area contributed by atoms with E-state index in [1.165, 1.54) is 0 Å². The summed E-state index contributed by atoms with van der Waals surface area (Å²) in [5.41, 5.74) is 1.71. The van der Waals surface area contributed by atoms with E-state index in [4.69, 9.17) is 4.74 Å². The molecule has 0 aliphatic carbocycles. The van der Waals surface area contributed by atoms with E-state index >= 15 is 0 Å². The molecule has 4 aromatic rings. The zero-order valence-corrected chi connectivity index (χ0v) is 14.5. The zero-order valence-electron chi connectivity index (χ0n) is 13.7. The molecule has 0 amide bonds. The number of ether oxygens (including phenoxy) is 1. The number of nitrogens with one attached hydrogen (secondary N) is 1. The maximum Gasteiger partial charge on any atom is 0.186 e. The van der Waals surface area contributed by atoms with Gasteiger partial charge in [-0.3, -0.25) is 4.68 Å². The van der Waals surface area contributed by atoms with Crippen LogP contribution in [0.1, 0.15) is 6.42 Å². The SMILES string of the molecule is COCCCn1ccc(Nc2ccc3nnc(-c4ccsc4)n3n2)n1. The third-order valence-electron chi connectivity index (χ3n) is 3.67. The van der Waals surface area contributed by atoms with Crippen LogP contribution in [0.3, 0.4) is 0 Å². The van der Waals surface area contributed by atoms with Crippen molar-refractivity contribution in [2.24, 2.45) is 0 Å². The van der Waals surface area contributed by atoms with Crippen LogP contribution in [0.25, 0.3) is 17.0 Å². The van der Waals surface area contributed by atoms with Gasteiger partial charge in [0.2, 0.25) is 0 Å². The number of thiophene rings is 1. The molecule has 4 heterocycles. The van der Waals surface area contributed by atoms with Gasteiger partial charge < -0.3 is 10.1 Å². The number of hydrogen-bond donors (Lipinski definition) is 1. The fraction of sp³-hybridized carbons (Fsp3) is 0.250. The van der Waals surface area contributed by atoms with E-state index in [0.717, 1.165) is 36.8 Å². The molecule has 9 heteroatoms. The number of aromatic nitrogens is 6. The Bertz CT molecular complexity index is 960. The molecule has 8 nitrogen and oxygen atoms in total. The number of aryl methyl sites for hydroxylation is 1. The summed E-state index contributed by atoms with van der Waals surface area (Å²) in [7, 11) is 1.70. The smallest absolute Gasteiger partial charge is 0.186 e. The second-order valence-corrected chi connectivity index (χ2v) is 6.24. The highest BCUT2D eigenvalue weighted by Crippen LogP contribution is 2.21. The first-order valence-electron chi connectivity index (χ1n) is 7.88. The number of methoxy groups -OCH3 is 1. The molecule has 4 rings (SSSR count). The number of hydrogen-bond acceptors (Lipinski definition) is 7. The van der Waals surface area contributed by atoms with E-state index in [1.54, 1.807) is 23.0 Å². The number of anilines is 2. The molecule has 0 fully saturated rings. The fourth-order valence-electron chi connectivity index (χ4n) is 2.48. The monoisotopic (exact) mass is 355 g/mol. The molecular weight excluding hydrogens is 338 g/mol. The van der Waals surface area contributed by atoms with Gasteiger partial charge in [-0.25, -0.2) is 0 Å². The molecule has 25 heavy (non-hydrogen) atoms. The van der Waals surface area contributed by atoms with Gasteiger partial charge in [0.1, 0.15) is 0 Å². The summed E-state index contributed by atoms with van der Waals surface area (Å²) in [5.74, 6) is 2.16. The highest BCUT2D eigenvalue weighted by Gasteiger charge is 2.10. The largest absolute Gasteiger partial charge is 0.385 e. The minimum Gasteiger partial charge on any atom is -0.385 e. The van der Waals surface area contributed by atoms with Crippen molar-refractivity contribution in [1.29, 1.82) is 0 Å². The third-order valence-corrected chi connectivity index (χ3v) is 4.36. The lowest BCUT2D eigenvalue weighted by Crippen LogP contribution is -2.04. The molecule has 128 valence electrons. The Balaban J connectivity index is 1.55. The van der Waals surface area contributed by atoms with Crippen molar-refractivity contribution in [3.8, 4) is 11.4 Å². The molecule has 0 aromatic carbocycles. The van der Waals surface area contributed by atoms with Gasteiger partial charge in [-0.15, -0.1) is 15.3 Å². The molecule has 0 radical (unpaired) electrons. The van der Waals surface area contributed by atoms with Crippen molar-refractivity contribution in [3.05, 3.63) is 41.2 Å². The lowest BCUT2D eigenvalue weighted by molar-refractivity contribution is 0.189. The summed E-state index contributed by atoms with van der Waals surface area (Å²) in [6.45, 7) is 1.54. The molecule has 0 atom stereocenters. The van der Waals surface area contributed by atoms with Gasteiger partial charge in [0.05, 0.1) is 0 Å². The lowest BCUT2D eigenvalue weighted by atomic mass is 10.3. The Kier molecular flexibility index (Phi) is 4.40. The summed E-state index contributed by atoms with van der Waals surface area (Å²) >= 11 is 1.62. The van der Waals surface area contributed by atoms with Gasteiger partial charge in [0.25, 0.3) is 0 Å². The molecule has 0 spiro atoms. The van der Waals surface area contributed by atoms with Gasteiger partial charge in [-0.1, -0.05) is 0 Å². The van der Waals surface area contributed by atoms with E-state index in [-0.39, 0.29) is 0 Å². The van der Waals surface area contributed by atoms with Crippen LogP contribution < -0.4 is 5.32 Å². The second-order valence-electron chi connectivity index (χ2n) is 5.46. The lowest BCUT2D eigenvalue weighted by Gasteiger charge is -2.04. The predicted molar refractivity (Wildman–Crippen MR) is 96.1 cm³/mol. The molecule has 0 saturated heterocycles. The molecule has 0 unspecified atom stereocenters. The van der Waals surface area contributed by atoms with Crippen molar-refractivity contribution < 1.29 is 4.74 Å². The Morgan fingerprint density at radius 1 is 1.12 bits per heavy atom. The minimum atomic E-state index is 0.686. The van der Waals surface area contributed by atoms with Gasteiger partial charge >= 0.3 is 0 Å². The van der Waals surface area contributed by atoms with Gasteiger partial charge in [-0.05, 0) is 30.0 Å². The molecule has 0 aliphatic heterocycles. The molecule has 0 bridgehead atoms. The zero-order chi connectivity index (χ0) is 17.1. The van der Waals surface area contributed by atoms with Crippen LogP contribution in [-0.4, -0.2) is 43.3 Å². The highest BCUT2D eigenvalue weighted by atomic mass is 32.1. The predicted octanol–water partition coefficient (Wildman–Crippen LogP) is 2.83. The van der Waals surface area contributed by atoms with Crippen LogP contribution >= 0.6 is 11.3 Å². The first-order valence-corrected chi connectivity index (χ1v) is 8.82. The second kappa shape index (κ2) is 6.99. The summed E-state index contributed by atoms with van der Waals surface area (Å²) in [5, 5.41) is 24.7. The van der Waals surface area contributed by atoms with Crippen LogP contribution in [0, 0.1) is 0 Å². The van der Waals surface area contributed by atoms with Gasteiger partial charge in [-0.2, -0.15) is 21.0 Å². The van der Waals surface area contributed by atoms with Crippen molar-refractivity contribution in [1.82, 2.24) is 29.6 Å². The average Bonchev–Trinajstić information content (AvgIpc) is 3.35. The topological polar surface area (TPSA) is 82.2 Å². The first-order chi connectivity index (χ1) is 12.3. The fourth-order valence-corrected chi connectivity index (χ4v) is 3.12. The summed E-state index contributed by atoms with van der Waals surface area (Å²) in [6, 6.07) is 7.67. The van der Waals surface area contributed by atoms with Crippen molar-refractivity contribution in [2.75, 3.05) is 19.0 Å². The van der Waals surface area contributed by atoms with Crippen LogP contribution in [-0.2, 0) is 11.3 Å². The van der Waals surface area contributed by atoms with Crippen molar-refractivity contribution in [2.45, 2.75) is 13.0 Å². The quantitative estimate of drug-likeness (QED) is 0.513. The number of nitrogens with zero attached hydrogens (tertiary/aromatic N) is 6. The molecule has 0 saturated carbocycles. The molecule has 4 aromatic heterocycles. The van der Waals surface area contributed by atoms with Gasteiger partial charge in [0.15, 0.2) is 23.1 Å². The van der Waals surface area contributed by atoms with Crippen molar-refractivity contribution in [3.63, 3.8) is 0 Å². The van der Waals surface area contributed by atoms with E-state index in [9.17, 15) is 0 Å². The maximum absolute atomic E-state index is 5.06. The third kappa shape index (κ3) is 3.37. The Morgan fingerprint density at radius 2 is 2.04 bits per heavy atom. The van der Waals surface area contributed by atoms with Crippen molar-refractivity contribution >= 4 is 28.6 Å². The number of rotatable bonds is 7. The average molecular weight is 355 g/mol. The molecule has 1 N–H and O–H groups in total. The highest BCUT2D eigenvalue weighted by molar-refractivity contribution is 7.08. The summed E-state index contributed by atoms with van der Waals surface area (Å²) < 4.78 is 8.68. The molecule has 0 aliphatic rings. The van der Waals surface area contributed by atoms with E-state index in [2.05, 4.69) is 25.7 Å². The standard InChI is InChI=1S/C16H17N7OS/c1-24-9-2-7-22-8-5-14(20-22)17-13-3-4-15-18-19-16(23(15)21-13)12-6-10-25-11-12/h3-6,8,10-11H,2,7,9H2,1H3,(H,17,20,21). The Hall–Kier alpha value is -2.78. The van der Waals surface area contributed by atoms with Crippen LogP contribution in [0.5, 0.6) is 0 Å². The van der Waals surface area contributed by atoms with Gasteiger partial charge in [0, 0.05) is 43.5 Å². The Labute approximate surface area is 148 Å². The van der Waals surface area contributed by atoms with E-state index in [0.29, 0.717) is 11.5 Å². The number of fused-ring (bicyclic) bond motifs is 1. The first kappa shape index (κ1) is 15.7. The maximum atomic E-state index is 5.06.